The predicted molar refractivity (Wildman–Crippen MR) is 65.0 cm³/mol. The Balaban J connectivity index is 2.22. The second-order valence-corrected chi connectivity index (χ2v) is 5.08. The van der Waals surface area contributed by atoms with Crippen molar-refractivity contribution in [2.24, 2.45) is 0 Å². The highest BCUT2D eigenvalue weighted by Crippen LogP contribution is 2.17. The van der Waals surface area contributed by atoms with Crippen molar-refractivity contribution in [1.82, 2.24) is 20.0 Å². The summed E-state index contributed by atoms with van der Waals surface area (Å²) >= 11 is 7.15. The maximum Gasteiger partial charge on any atom is 0.207 e. The van der Waals surface area contributed by atoms with Gasteiger partial charge in [0.25, 0.3) is 0 Å². The molecule has 2 aromatic heterocycles. The zero-order chi connectivity index (χ0) is 11.5. The molecule has 0 saturated carbocycles. The van der Waals surface area contributed by atoms with Crippen LogP contribution < -0.4 is 0 Å². The van der Waals surface area contributed by atoms with Gasteiger partial charge in [0.2, 0.25) is 4.47 Å². The Morgan fingerprint density at radius 2 is 2.12 bits per heavy atom. The van der Waals surface area contributed by atoms with Gasteiger partial charge in [0, 0.05) is 5.69 Å². The lowest BCUT2D eigenvalue weighted by molar-refractivity contribution is 0.634. The molecule has 0 saturated heterocycles. The van der Waals surface area contributed by atoms with Crippen molar-refractivity contribution in [1.29, 1.82) is 0 Å². The first-order valence-electron chi connectivity index (χ1n) is 5.26. The highest BCUT2D eigenvalue weighted by molar-refractivity contribution is 7.15. The monoisotopic (exact) mass is 256 g/mol. The smallest absolute Gasteiger partial charge is 0.207 e. The van der Waals surface area contributed by atoms with Gasteiger partial charge < -0.3 is 0 Å². The Hall–Kier alpha value is -0.940. The van der Waals surface area contributed by atoms with E-state index >= 15 is 0 Å². The van der Waals surface area contributed by atoms with Gasteiger partial charge in [-0.25, -0.2) is 0 Å². The maximum absolute atomic E-state index is 5.75. The van der Waals surface area contributed by atoms with E-state index in [4.69, 9.17) is 11.6 Å². The molecule has 0 aliphatic rings. The van der Waals surface area contributed by atoms with E-state index in [9.17, 15) is 0 Å². The lowest BCUT2D eigenvalue weighted by Gasteiger charge is -2.01. The van der Waals surface area contributed by atoms with Crippen LogP contribution in [0.4, 0.5) is 0 Å². The molecule has 0 unspecified atom stereocenters. The van der Waals surface area contributed by atoms with Gasteiger partial charge in [0.15, 0.2) is 0 Å². The summed E-state index contributed by atoms with van der Waals surface area (Å²) in [6, 6.07) is 2.14. The summed E-state index contributed by atoms with van der Waals surface area (Å²) < 4.78 is 2.46. The van der Waals surface area contributed by atoms with Crippen molar-refractivity contribution in [3.05, 3.63) is 26.9 Å². The maximum atomic E-state index is 5.75. The standard InChI is InChI=1S/C10H13ClN4S/c1-3-7-5-8(4-2)15(14-7)6-9-12-13-10(11)16-9/h5H,3-4,6H2,1-2H3. The molecule has 2 aromatic rings. The van der Waals surface area contributed by atoms with Crippen LogP contribution in [0.25, 0.3) is 0 Å². The van der Waals surface area contributed by atoms with Crippen LogP contribution in [0.15, 0.2) is 6.07 Å². The molecule has 0 amide bonds. The molecule has 0 radical (unpaired) electrons. The summed E-state index contributed by atoms with van der Waals surface area (Å²) in [5.74, 6) is 0. The van der Waals surface area contributed by atoms with Crippen molar-refractivity contribution in [3.63, 3.8) is 0 Å². The van der Waals surface area contributed by atoms with Gasteiger partial charge in [-0.2, -0.15) is 5.10 Å². The molecule has 0 N–H and O–H groups in total. The molecule has 2 rings (SSSR count). The third kappa shape index (κ3) is 2.41. The fourth-order valence-corrected chi connectivity index (χ4v) is 2.38. The van der Waals surface area contributed by atoms with E-state index in [-0.39, 0.29) is 0 Å². The zero-order valence-corrected chi connectivity index (χ0v) is 10.8. The predicted octanol–water partition coefficient (Wildman–Crippen LogP) is 2.56. The number of rotatable bonds is 4. The highest BCUT2D eigenvalue weighted by atomic mass is 35.5. The molecule has 0 aromatic carbocycles. The first-order valence-corrected chi connectivity index (χ1v) is 6.45. The van der Waals surface area contributed by atoms with Gasteiger partial charge >= 0.3 is 0 Å². The zero-order valence-electron chi connectivity index (χ0n) is 9.27. The van der Waals surface area contributed by atoms with Crippen LogP contribution in [-0.2, 0) is 19.4 Å². The molecular weight excluding hydrogens is 244 g/mol. The Labute approximate surface area is 103 Å². The number of hydrogen-bond acceptors (Lipinski definition) is 4. The molecule has 6 heteroatoms. The van der Waals surface area contributed by atoms with E-state index in [1.807, 2.05) is 4.68 Å². The minimum absolute atomic E-state index is 0.482. The van der Waals surface area contributed by atoms with Gasteiger partial charge in [-0.05, 0) is 30.5 Å². The van der Waals surface area contributed by atoms with Crippen LogP contribution in [-0.4, -0.2) is 20.0 Å². The van der Waals surface area contributed by atoms with E-state index in [2.05, 4.69) is 35.2 Å². The number of aryl methyl sites for hydroxylation is 2. The lowest BCUT2D eigenvalue weighted by Crippen LogP contribution is -2.05. The lowest BCUT2D eigenvalue weighted by atomic mass is 10.3. The van der Waals surface area contributed by atoms with E-state index in [1.165, 1.54) is 17.0 Å². The quantitative estimate of drug-likeness (QED) is 0.845. The van der Waals surface area contributed by atoms with Gasteiger partial charge in [-0.15, -0.1) is 10.2 Å². The van der Waals surface area contributed by atoms with Gasteiger partial charge in [-0.3, -0.25) is 4.68 Å². The molecule has 0 aliphatic carbocycles. The van der Waals surface area contributed by atoms with Crippen molar-refractivity contribution in [2.45, 2.75) is 33.2 Å². The van der Waals surface area contributed by atoms with Crippen LogP contribution in [0.5, 0.6) is 0 Å². The normalized spacial score (nSPS) is 10.9. The summed E-state index contributed by atoms with van der Waals surface area (Å²) in [4.78, 5) is 0. The molecule has 16 heavy (non-hydrogen) atoms. The van der Waals surface area contributed by atoms with Crippen molar-refractivity contribution >= 4 is 22.9 Å². The third-order valence-electron chi connectivity index (χ3n) is 2.37. The molecule has 86 valence electrons. The van der Waals surface area contributed by atoms with Crippen LogP contribution in [0.1, 0.15) is 30.2 Å². The molecule has 2 heterocycles. The van der Waals surface area contributed by atoms with E-state index < -0.39 is 0 Å². The summed E-state index contributed by atoms with van der Waals surface area (Å²) in [5.41, 5.74) is 2.34. The van der Waals surface area contributed by atoms with E-state index in [0.29, 0.717) is 11.0 Å². The van der Waals surface area contributed by atoms with E-state index in [0.717, 1.165) is 23.5 Å². The Morgan fingerprint density at radius 1 is 1.31 bits per heavy atom. The van der Waals surface area contributed by atoms with E-state index in [1.54, 1.807) is 0 Å². The van der Waals surface area contributed by atoms with Crippen molar-refractivity contribution in [2.75, 3.05) is 0 Å². The molecule has 0 atom stereocenters. The fourth-order valence-electron chi connectivity index (χ4n) is 1.53. The average Bonchev–Trinajstić information content (AvgIpc) is 2.85. The molecule has 0 fully saturated rings. The van der Waals surface area contributed by atoms with Crippen LogP contribution in [0.2, 0.25) is 4.47 Å². The molecule has 0 bridgehead atoms. The number of nitrogens with zero attached hydrogens (tertiary/aromatic N) is 4. The Bertz CT molecular complexity index is 477. The van der Waals surface area contributed by atoms with Gasteiger partial charge in [-0.1, -0.05) is 25.2 Å². The first kappa shape index (κ1) is 11.5. The summed E-state index contributed by atoms with van der Waals surface area (Å²) in [6.45, 7) is 4.89. The minimum Gasteiger partial charge on any atom is -0.262 e. The van der Waals surface area contributed by atoms with Gasteiger partial charge in [0.05, 0.1) is 12.2 Å². The van der Waals surface area contributed by atoms with Crippen LogP contribution in [0, 0.1) is 0 Å². The third-order valence-corrected chi connectivity index (χ3v) is 3.37. The number of aromatic nitrogens is 4. The average molecular weight is 257 g/mol. The fraction of sp³-hybridized carbons (Fsp3) is 0.500. The SMILES string of the molecule is CCc1cc(CC)n(Cc2nnc(Cl)s2)n1. The highest BCUT2D eigenvalue weighted by Gasteiger charge is 2.08. The molecule has 0 aliphatic heterocycles. The number of halogens is 1. The second-order valence-electron chi connectivity index (χ2n) is 3.44. The van der Waals surface area contributed by atoms with Crippen LogP contribution >= 0.6 is 22.9 Å². The number of hydrogen-bond donors (Lipinski definition) is 0. The van der Waals surface area contributed by atoms with Crippen molar-refractivity contribution < 1.29 is 0 Å². The van der Waals surface area contributed by atoms with Gasteiger partial charge in [0.1, 0.15) is 5.01 Å². The Kier molecular flexibility index (Phi) is 3.56. The molecule has 0 spiro atoms. The van der Waals surface area contributed by atoms with Crippen molar-refractivity contribution in [3.8, 4) is 0 Å². The minimum atomic E-state index is 0.482. The summed E-state index contributed by atoms with van der Waals surface area (Å²) in [6.07, 6.45) is 1.93. The Morgan fingerprint density at radius 3 is 2.69 bits per heavy atom. The largest absolute Gasteiger partial charge is 0.262 e. The topological polar surface area (TPSA) is 43.6 Å². The molecular formula is C10H13ClN4S. The second kappa shape index (κ2) is 4.93. The summed E-state index contributed by atoms with van der Waals surface area (Å²) in [5, 5.41) is 13.2. The first-order chi connectivity index (χ1) is 7.72. The van der Waals surface area contributed by atoms with Crippen LogP contribution in [0.3, 0.4) is 0 Å². The molecule has 4 nitrogen and oxygen atoms in total. The summed E-state index contributed by atoms with van der Waals surface area (Å²) in [7, 11) is 0.